The molecule has 21 heavy (non-hydrogen) atoms. The van der Waals surface area contributed by atoms with Crippen molar-refractivity contribution in [1.29, 1.82) is 0 Å². The number of anilines is 1. The van der Waals surface area contributed by atoms with Gasteiger partial charge in [0, 0.05) is 0 Å². The highest BCUT2D eigenvalue weighted by Crippen LogP contribution is 2.25. The average molecular weight is 304 g/mol. The van der Waals surface area contributed by atoms with Crippen LogP contribution in [0.2, 0.25) is 0 Å². The maximum absolute atomic E-state index is 12.8. The molecule has 0 bridgehead atoms. The third-order valence-corrected chi connectivity index (χ3v) is 3.06. The zero-order chi connectivity index (χ0) is 15.6. The van der Waals surface area contributed by atoms with Crippen LogP contribution in [-0.4, -0.2) is 36.7 Å². The fourth-order valence-corrected chi connectivity index (χ4v) is 1.98. The average Bonchev–Trinajstić information content (AvgIpc) is 2.72. The maximum Gasteiger partial charge on any atom is 0.319 e. The molecular formula is C13H12F4N2O2. The second kappa shape index (κ2) is 5.80. The van der Waals surface area contributed by atoms with E-state index in [1.807, 2.05) is 5.32 Å². The van der Waals surface area contributed by atoms with Gasteiger partial charge in [0.15, 0.2) is 0 Å². The Hall–Kier alpha value is -1.96. The quantitative estimate of drug-likeness (QED) is 0.667. The second-order valence-electron chi connectivity index (χ2n) is 4.60. The Balaban J connectivity index is 2.06. The number of amides is 2. The molecule has 1 aliphatic rings. The van der Waals surface area contributed by atoms with Crippen molar-refractivity contribution in [1.82, 2.24) is 5.32 Å². The van der Waals surface area contributed by atoms with Crippen LogP contribution in [0.5, 0.6) is 0 Å². The number of hydrogen-bond acceptors (Lipinski definition) is 3. The van der Waals surface area contributed by atoms with Gasteiger partial charge < -0.3 is 0 Å². The highest BCUT2D eigenvalue weighted by molar-refractivity contribution is 6.22. The summed E-state index contributed by atoms with van der Waals surface area (Å²) in [5.41, 5.74) is 0.317. The maximum atomic E-state index is 12.8. The van der Waals surface area contributed by atoms with Crippen LogP contribution in [0.3, 0.4) is 0 Å². The Morgan fingerprint density at radius 3 is 2.43 bits per heavy atom. The normalized spacial score (nSPS) is 19.7. The number of alkyl halides is 4. The van der Waals surface area contributed by atoms with Crippen molar-refractivity contribution < 1.29 is 27.2 Å². The van der Waals surface area contributed by atoms with E-state index in [2.05, 4.69) is 0 Å². The lowest BCUT2D eigenvalue weighted by atomic mass is 10.2. The molecule has 2 rings (SSSR count). The Kier molecular flexibility index (Phi) is 4.26. The molecule has 4 nitrogen and oxygen atoms in total. The standard InChI is InChI=1S/C13H12F4N2O2/c14-12(15)13(16,17)7-18-9-6-10(20)19(11(9)21)8-4-2-1-3-5-8/h1-5,9,12,18H,6-7H2. The first-order chi connectivity index (χ1) is 9.83. The van der Waals surface area contributed by atoms with Crippen LogP contribution in [0.25, 0.3) is 0 Å². The Labute approximate surface area is 117 Å². The van der Waals surface area contributed by atoms with E-state index in [0.29, 0.717) is 5.69 Å². The number of para-hydroxylation sites is 1. The summed E-state index contributed by atoms with van der Waals surface area (Å²) in [4.78, 5) is 24.7. The van der Waals surface area contributed by atoms with E-state index in [0.717, 1.165) is 4.90 Å². The molecule has 1 aromatic carbocycles. The summed E-state index contributed by atoms with van der Waals surface area (Å²) in [7, 11) is 0. The lowest BCUT2D eigenvalue weighted by molar-refractivity contribution is -0.129. The van der Waals surface area contributed by atoms with E-state index in [-0.39, 0.29) is 6.42 Å². The molecule has 0 aromatic heterocycles. The van der Waals surface area contributed by atoms with Gasteiger partial charge in [0.05, 0.1) is 24.7 Å². The van der Waals surface area contributed by atoms with E-state index in [4.69, 9.17) is 0 Å². The van der Waals surface area contributed by atoms with Crippen LogP contribution < -0.4 is 10.2 Å². The molecule has 1 fully saturated rings. The van der Waals surface area contributed by atoms with Gasteiger partial charge in [0.25, 0.3) is 5.91 Å². The molecule has 1 aromatic rings. The van der Waals surface area contributed by atoms with Crippen LogP contribution in [0.4, 0.5) is 23.2 Å². The van der Waals surface area contributed by atoms with E-state index >= 15 is 0 Å². The Bertz CT molecular complexity index is 536. The van der Waals surface area contributed by atoms with Crippen molar-refractivity contribution in [3.63, 3.8) is 0 Å². The van der Waals surface area contributed by atoms with Gasteiger partial charge in [-0.25, -0.2) is 13.7 Å². The minimum absolute atomic E-state index is 0.317. The summed E-state index contributed by atoms with van der Waals surface area (Å²) in [6, 6.07) is 6.73. The monoisotopic (exact) mass is 304 g/mol. The van der Waals surface area contributed by atoms with E-state index in [1.54, 1.807) is 18.2 Å². The van der Waals surface area contributed by atoms with Gasteiger partial charge in [-0.3, -0.25) is 14.9 Å². The Morgan fingerprint density at radius 1 is 1.24 bits per heavy atom. The number of imide groups is 1. The van der Waals surface area contributed by atoms with Gasteiger partial charge >= 0.3 is 12.3 Å². The lowest BCUT2D eigenvalue weighted by Gasteiger charge is -2.19. The lowest BCUT2D eigenvalue weighted by Crippen LogP contribution is -2.46. The third kappa shape index (κ3) is 3.21. The predicted molar refractivity (Wildman–Crippen MR) is 66.3 cm³/mol. The summed E-state index contributed by atoms with van der Waals surface area (Å²) in [6.07, 6.45) is -4.17. The van der Waals surface area contributed by atoms with Gasteiger partial charge in [-0.05, 0) is 12.1 Å². The van der Waals surface area contributed by atoms with Crippen molar-refractivity contribution in [2.75, 3.05) is 11.4 Å². The van der Waals surface area contributed by atoms with Crippen molar-refractivity contribution >= 4 is 17.5 Å². The highest BCUT2D eigenvalue weighted by Gasteiger charge is 2.44. The zero-order valence-electron chi connectivity index (χ0n) is 10.7. The molecule has 1 unspecified atom stereocenters. The van der Waals surface area contributed by atoms with Gasteiger partial charge in [-0.2, -0.15) is 8.78 Å². The number of halogens is 4. The number of benzene rings is 1. The van der Waals surface area contributed by atoms with E-state index in [1.165, 1.54) is 12.1 Å². The van der Waals surface area contributed by atoms with Gasteiger partial charge in [0.2, 0.25) is 5.91 Å². The topological polar surface area (TPSA) is 49.4 Å². The highest BCUT2D eigenvalue weighted by atomic mass is 19.3. The van der Waals surface area contributed by atoms with Crippen molar-refractivity contribution in [2.24, 2.45) is 0 Å². The third-order valence-electron chi connectivity index (χ3n) is 3.06. The van der Waals surface area contributed by atoms with E-state index in [9.17, 15) is 27.2 Å². The minimum Gasteiger partial charge on any atom is -0.299 e. The summed E-state index contributed by atoms with van der Waals surface area (Å²) in [6.45, 7) is -1.36. The number of carbonyl (C=O) groups is 2. The molecule has 114 valence electrons. The van der Waals surface area contributed by atoms with Gasteiger partial charge in [0.1, 0.15) is 0 Å². The molecule has 1 saturated heterocycles. The molecule has 0 saturated carbocycles. The summed E-state index contributed by atoms with van der Waals surface area (Å²) < 4.78 is 49.7. The largest absolute Gasteiger partial charge is 0.319 e. The molecule has 8 heteroatoms. The fraction of sp³-hybridized carbons (Fsp3) is 0.385. The van der Waals surface area contributed by atoms with Crippen LogP contribution in [0.1, 0.15) is 6.42 Å². The summed E-state index contributed by atoms with van der Waals surface area (Å²) in [5, 5.41) is 2.04. The first kappa shape index (κ1) is 15.4. The number of carbonyl (C=O) groups excluding carboxylic acids is 2. The van der Waals surface area contributed by atoms with Gasteiger partial charge in [-0.1, -0.05) is 18.2 Å². The van der Waals surface area contributed by atoms with Crippen molar-refractivity contribution in [3.05, 3.63) is 30.3 Å². The predicted octanol–water partition coefficient (Wildman–Crippen LogP) is 1.81. The molecule has 1 heterocycles. The minimum atomic E-state index is -4.25. The van der Waals surface area contributed by atoms with Crippen LogP contribution in [0, 0.1) is 0 Å². The molecule has 1 atom stereocenters. The molecule has 1 aliphatic heterocycles. The zero-order valence-corrected chi connectivity index (χ0v) is 10.7. The Morgan fingerprint density at radius 2 is 1.86 bits per heavy atom. The van der Waals surface area contributed by atoms with Crippen LogP contribution in [0.15, 0.2) is 30.3 Å². The summed E-state index contributed by atoms with van der Waals surface area (Å²) in [5.74, 6) is -5.54. The number of rotatable bonds is 5. The molecule has 0 spiro atoms. The number of nitrogens with zero attached hydrogens (tertiary/aromatic N) is 1. The first-order valence-corrected chi connectivity index (χ1v) is 6.14. The molecule has 2 amide bonds. The van der Waals surface area contributed by atoms with Crippen molar-refractivity contribution in [2.45, 2.75) is 24.8 Å². The fourth-order valence-electron chi connectivity index (χ4n) is 1.98. The molecule has 0 radical (unpaired) electrons. The molecule has 0 aliphatic carbocycles. The van der Waals surface area contributed by atoms with Crippen LogP contribution >= 0.6 is 0 Å². The smallest absolute Gasteiger partial charge is 0.299 e. The van der Waals surface area contributed by atoms with E-state index < -0.39 is 36.7 Å². The molecular weight excluding hydrogens is 292 g/mol. The van der Waals surface area contributed by atoms with Crippen LogP contribution in [-0.2, 0) is 9.59 Å². The SMILES string of the molecule is O=C1CC(NCC(F)(F)C(F)F)C(=O)N1c1ccccc1. The molecule has 1 N–H and O–H groups in total. The van der Waals surface area contributed by atoms with Gasteiger partial charge in [-0.15, -0.1) is 0 Å². The summed E-state index contributed by atoms with van der Waals surface area (Å²) >= 11 is 0. The van der Waals surface area contributed by atoms with Crippen molar-refractivity contribution in [3.8, 4) is 0 Å². The number of nitrogens with one attached hydrogen (secondary N) is 1. The second-order valence-corrected chi connectivity index (χ2v) is 4.60. The first-order valence-electron chi connectivity index (χ1n) is 6.14. The number of hydrogen-bond donors (Lipinski definition) is 1.